The Balaban J connectivity index is 1.93. The molecule has 0 radical (unpaired) electrons. The van der Waals surface area contributed by atoms with Gasteiger partial charge in [-0.15, -0.1) is 0 Å². The summed E-state index contributed by atoms with van der Waals surface area (Å²) >= 11 is 0. The van der Waals surface area contributed by atoms with E-state index < -0.39 is 0 Å². The van der Waals surface area contributed by atoms with E-state index >= 15 is 0 Å². The molecule has 124 valence electrons. The van der Waals surface area contributed by atoms with Crippen LogP contribution in [0, 0.1) is 17.8 Å². The van der Waals surface area contributed by atoms with Crippen molar-refractivity contribution in [3.8, 4) is 0 Å². The molecule has 3 heteroatoms. The molecule has 21 heavy (non-hydrogen) atoms. The Bertz CT molecular complexity index is 297. The van der Waals surface area contributed by atoms with Crippen LogP contribution in [-0.2, 0) is 0 Å². The van der Waals surface area contributed by atoms with Crippen LogP contribution in [0.4, 0.5) is 0 Å². The van der Waals surface area contributed by atoms with Crippen molar-refractivity contribution in [1.82, 2.24) is 15.1 Å². The molecule has 2 heterocycles. The molecule has 2 fully saturated rings. The van der Waals surface area contributed by atoms with Gasteiger partial charge in [-0.2, -0.15) is 0 Å². The first-order valence-electron chi connectivity index (χ1n) is 9.17. The van der Waals surface area contributed by atoms with Crippen LogP contribution in [0.25, 0.3) is 0 Å². The molecule has 3 atom stereocenters. The Morgan fingerprint density at radius 3 is 2.38 bits per heavy atom. The largest absolute Gasteiger partial charge is 0.311 e. The van der Waals surface area contributed by atoms with E-state index in [1.54, 1.807) is 0 Å². The number of nitrogens with zero attached hydrogens (tertiary/aromatic N) is 2. The second kappa shape index (κ2) is 7.94. The number of nitrogens with one attached hydrogen (secondary N) is 1. The lowest BCUT2D eigenvalue weighted by molar-refractivity contribution is 0.0550. The fourth-order valence-electron chi connectivity index (χ4n) is 3.96. The molecule has 1 N–H and O–H groups in total. The normalized spacial score (nSPS) is 31.7. The van der Waals surface area contributed by atoms with Gasteiger partial charge >= 0.3 is 0 Å². The summed E-state index contributed by atoms with van der Waals surface area (Å²) in [5.74, 6) is 2.46. The second-order valence-corrected chi connectivity index (χ2v) is 7.91. The average Bonchev–Trinajstić information content (AvgIpc) is 2.48. The van der Waals surface area contributed by atoms with Gasteiger partial charge in [-0.1, -0.05) is 34.1 Å². The highest BCUT2D eigenvalue weighted by Crippen LogP contribution is 2.24. The molecular weight excluding hydrogens is 258 g/mol. The number of rotatable bonds is 5. The zero-order chi connectivity index (χ0) is 15.4. The maximum Gasteiger partial charge on any atom is 0.0244 e. The molecule has 2 rings (SSSR count). The number of piperazine rings is 1. The number of hydrogen-bond donors (Lipinski definition) is 1. The lowest BCUT2D eigenvalue weighted by Gasteiger charge is -2.46. The summed E-state index contributed by atoms with van der Waals surface area (Å²) in [5, 5.41) is 3.83. The molecule has 0 bridgehead atoms. The predicted molar refractivity (Wildman–Crippen MR) is 91.7 cm³/mol. The van der Waals surface area contributed by atoms with Crippen molar-refractivity contribution >= 4 is 0 Å². The van der Waals surface area contributed by atoms with Crippen LogP contribution in [-0.4, -0.2) is 61.7 Å². The van der Waals surface area contributed by atoms with Gasteiger partial charge < -0.3 is 10.2 Å². The van der Waals surface area contributed by atoms with Crippen LogP contribution in [0.5, 0.6) is 0 Å². The van der Waals surface area contributed by atoms with Gasteiger partial charge in [0.25, 0.3) is 0 Å². The topological polar surface area (TPSA) is 18.5 Å². The van der Waals surface area contributed by atoms with E-state index in [0.29, 0.717) is 6.04 Å². The number of hydrogen-bond acceptors (Lipinski definition) is 3. The SMILES string of the molecule is CCC(C)C1CN(CC2CCN(C)CC2)C(C(C)C)CN1. The molecule has 0 saturated carbocycles. The van der Waals surface area contributed by atoms with Crippen molar-refractivity contribution in [2.24, 2.45) is 17.8 Å². The summed E-state index contributed by atoms with van der Waals surface area (Å²) in [4.78, 5) is 5.31. The second-order valence-electron chi connectivity index (χ2n) is 7.91. The fraction of sp³-hybridized carbons (Fsp3) is 1.00. The maximum absolute atomic E-state index is 3.83. The molecule has 2 aliphatic rings. The van der Waals surface area contributed by atoms with Gasteiger partial charge in [-0.25, -0.2) is 0 Å². The zero-order valence-electron chi connectivity index (χ0n) is 14.9. The smallest absolute Gasteiger partial charge is 0.0244 e. The van der Waals surface area contributed by atoms with E-state index in [4.69, 9.17) is 0 Å². The molecule has 0 amide bonds. The molecule has 3 nitrogen and oxygen atoms in total. The lowest BCUT2D eigenvalue weighted by Crippen LogP contribution is -2.60. The summed E-state index contributed by atoms with van der Waals surface area (Å²) < 4.78 is 0. The summed E-state index contributed by atoms with van der Waals surface area (Å²) in [7, 11) is 2.26. The van der Waals surface area contributed by atoms with Gasteiger partial charge in [-0.05, 0) is 50.7 Å². The first kappa shape index (κ1) is 17.2. The third kappa shape index (κ3) is 4.67. The fourth-order valence-corrected chi connectivity index (χ4v) is 3.96. The standard InChI is InChI=1S/C18H37N3/c1-6-15(4)17-13-21(18(11-19-17)14(2)3)12-16-7-9-20(5)10-8-16/h14-19H,6-13H2,1-5H3. The van der Waals surface area contributed by atoms with Crippen molar-refractivity contribution in [3.63, 3.8) is 0 Å². The van der Waals surface area contributed by atoms with E-state index in [2.05, 4.69) is 49.9 Å². The molecule has 2 saturated heterocycles. The monoisotopic (exact) mass is 295 g/mol. The average molecular weight is 296 g/mol. The highest BCUT2D eigenvalue weighted by Gasteiger charge is 2.33. The third-order valence-electron chi connectivity index (χ3n) is 5.92. The van der Waals surface area contributed by atoms with Crippen LogP contribution in [0.3, 0.4) is 0 Å². The molecule has 2 aliphatic heterocycles. The summed E-state index contributed by atoms with van der Waals surface area (Å²) in [6.07, 6.45) is 4.06. The van der Waals surface area contributed by atoms with E-state index in [1.807, 2.05) is 0 Å². The minimum Gasteiger partial charge on any atom is -0.311 e. The molecule has 0 spiro atoms. The predicted octanol–water partition coefficient (Wildman–Crippen LogP) is 2.67. The lowest BCUT2D eigenvalue weighted by atomic mass is 9.89. The Morgan fingerprint density at radius 2 is 1.81 bits per heavy atom. The Kier molecular flexibility index (Phi) is 6.51. The Hall–Kier alpha value is -0.120. The van der Waals surface area contributed by atoms with Crippen molar-refractivity contribution in [1.29, 1.82) is 0 Å². The number of piperidine rings is 1. The van der Waals surface area contributed by atoms with Crippen molar-refractivity contribution in [2.45, 2.75) is 59.0 Å². The van der Waals surface area contributed by atoms with Gasteiger partial charge in [0.05, 0.1) is 0 Å². The van der Waals surface area contributed by atoms with Crippen molar-refractivity contribution in [2.75, 3.05) is 39.8 Å². The van der Waals surface area contributed by atoms with Crippen LogP contribution in [0.1, 0.15) is 47.0 Å². The highest BCUT2D eigenvalue weighted by atomic mass is 15.2. The molecule has 3 unspecified atom stereocenters. The van der Waals surface area contributed by atoms with Crippen LogP contribution in [0.15, 0.2) is 0 Å². The minimum atomic E-state index is 0.691. The van der Waals surface area contributed by atoms with E-state index in [-0.39, 0.29) is 0 Å². The first-order chi connectivity index (χ1) is 10.0. The van der Waals surface area contributed by atoms with Crippen molar-refractivity contribution in [3.05, 3.63) is 0 Å². The molecule has 0 aliphatic carbocycles. The highest BCUT2D eigenvalue weighted by molar-refractivity contribution is 4.91. The summed E-state index contributed by atoms with van der Waals surface area (Å²) in [6.45, 7) is 15.8. The third-order valence-corrected chi connectivity index (χ3v) is 5.92. The molecule has 0 aromatic rings. The van der Waals surface area contributed by atoms with Crippen LogP contribution >= 0.6 is 0 Å². The van der Waals surface area contributed by atoms with Gasteiger partial charge in [0, 0.05) is 31.7 Å². The maximum atomic E-state index is 3.83. The van der Waals surface area contributed by atoms with Gasteiger partial charge in [-0.3, -0.25) is 4.90 Å². The Labute approximate surface area is 132 Å². The molecular formula is C18H37N3. The van der Waals surface area contributed by atoms with Crippen LogP contribution in [0.2, 0.25) is 0 Å². The Morgan fingerprint density at radius 1 is 1.14 bits per heavy atom. The van der Waals surface area contributed by atoms with E-state index in [9.17, 15) is 0 Å². The van der Waals surface area contributed by atoms with E-state index in [1.165, 1.54) is 52.0 Å². The molecule has 0 aromatic carbocycles. The van der Waals surface area contributed by atoms with Gasteiger partial charge in [0.1, 0.15) is 0 Å². The molecule has 0 aromatic heterocycles. The van der Waals surface area contributed by atoms with Gasteiger partial charge in [0.2, 0.25) is 0 Å². The van der Waals surface area contributed by atoms with E-state index in [0.717, 1.165) is 23.8 Å². The minimum absolute atomic E-state index is 0.691. The van der Waals surface area contributed by atoms with Crippen LogP contribution < -0.4 is 5.32 Å². The van der Waals surface area contributed by atoms with Crippen molar-refractivity contribution < 1.29 is 0 Å². The summed E-state index contributed by atoms with van der Waals surface area (Å²) in [6, 6.07) is 1.42. The summed E-state index contributed by atoms with van der Waals surface area (Å²) in [5.41, 5.74) is 0. The quantitative estimate of drug-likeness (QED) is 0.841. The number of likely N-dealkylation sites (tertiary alicyclic amines) is 1. The first-order valence-corrected chi connectivity index (χ1v) is 9.17. The van der Waals surface area contributed by atoms with Gasteiger partial charge in [0.15, 0.2) is 0 Å². The zero-order valence-corrected chi connectivity index (χ0v) is 14.9.